The van der Waals surface area contributed by atoms with Crippen molar-refractivity contribution in [3.05, 3.63) is 46.5 Å². The third-order valence-electron chi connectivity index (χ3n) is 2.78. The van der Waals surface area contributed by atoms with Gasteiger partial charge in [0, 0.05) is 18.0 Å². The number of oxime groups is 1. The minimum atomic E-state index is -0.282. The van der Waals surface area contributed by atoms with Gasteiger partial charge in [-0.2, -0.15) is 9.61 Å². The molecular weight excluding hydrogens is 232 g/mol. The Labute approximate surface area is 101 Å². The highest BCUT2D eigenvalue weighted by atomic mass is 16.4. The molecule has 0 spiro atoms. The maximum atomic E-state index is 11.8. The van der Waals surface area contributed by atoms with Crippen LogP contribution in [0, 0.1) is 0 Å². The van der Waals surface area contributed by atoms with Gasteiger partial charge in [0.05, 0.1) is 16.7 Å². The van der Waals surface area contributed by atoms with Gasteiger partial charge in [-0.15, -0.1) is 5.16 Å². The molecule has 0 aliphatic carbocycles. The van der Waals surface area contributed by atoms with Crippen LogP contribution in [-0.2, 0) is 6.42 Å². The highest BCUT2D eigenvalue weighted by molar-refractivity contribution is 5.93. The van der Waals surface area contributed by atoms with Crippen molar-refractivity contribution >= 4 is 22.6 Å². The SMILES string of the molecule is O=c1[nH]c2ccccc2c2cc(CC=NO)nn12. The number of nitrogens with zero attached hydrogens (tertiary/aromatic N) is 3. The van der Waals surface area contributed by atoms with E-state index in [1.165, 1.54) is 10.7 Å². The highest BCUT2D eigenvalue weighted by Crippen LogP contribution is 2.16. The molecule has 3 rings (SSSR count). The predicted molar refractivity (Wildman–Crippen MR) is 67.3 cm³/mol. The van der Waals surface area contributed by atoms with Crippen LogP contribution in [0.2, 0.25) is 0 Å². The van der Waals surface area contributed by atoms with Crippen molar-refractivity contribution in [2.45, 2.75) is 6.42 Å². The molecule has 2 heterocycles. The molecule has 0 radical (unpaired) electrons. The van der Waals surface area contributed by atoms with Gasteiger partial charge in [-0.25, -0.2) is 4.79 Å². The van der Waals surface area contributed by atoms with Crippen LogP contribution in [0.5, 0.6) is 0 Å². The molecule has 6 nitrogen and oxygen atoms in total. The Hall–Kier alpha value is -2.63. The Morgan fingerprint density at radius 2 is 2.28 bits per heavy atom. The summed E-state index contributed by atoms with van der Waals surface area (Å²) in [6.45, 7) is 0. The fourth-order valence-electron chi connectivity index (χ4n) is 1.99. The second-order valence-corrected chi connectivity index (χ2v) is 3.91. The topological polar surface area (TPSA) is 82.8 Å². The Kier molecular flexibility index (Phi) is 2.33. The van der Waals surface area contributed by atoms with E-state index in [-0.39, 0.29) is 5.69 Å². The number of rotatable bonds is 2. The average molecular weight is 242 g/mol. The summed E-state index contributed by atoms with van der Waals surface area (Å²) in [4.78, 5) is 14.6. The zero-order valence-corrected chi connectivity index (χ0v) is 9.37. The summed E-state index contributed by atoms with van der Waals surface area (Å²) in [5.74, 6) is 0. The lowest BCUT2D eigenvalue weighted by molar-refractivity contribution is 0.320. The van der Waals surface area contributed by atoms with Gasteiger partial charge in [0.1, 0.15) is 0 Å². The van der Waals surface area contributed by atoms with E-state index in [9.17, 15) is 4.79 Å². The van der Waals surface area contributed by atoms with E-state index in [1.54, 1.807) is 0 Å². The van der Waals surface area contributed by atoms with Crippen LogP contribution >= 0.6 is 0 Å². The fraction of sp³-hybridized carbons (Fsp3) is 0.0833. The first-order chi connectivity index (χ1) is 8.79. The van der Waals surface area contributed by atoms with E-state index < -0.39 is 0 Å². The number of H-pyrrole nitrogens is 1. The second kappa shape index (κ2) is 3.99. The number of hydrogen-bond donors (Lipinski definition) is 2. The van der Waals surface area contributed by atoms with Gasteiger partial charge in [0.15, 0.2) is 0 Å². The lowest BCUT2D eigenvalue weighted by Crippen LogP contribution is -2.17. The second-order valence-electron chi connectivity index (χ2n) is 3.91. The van der Waals surface area contributed by atoms with Crippen molar-refractivity contribution in [2.24, 2.45) is 5.16 Å². The Balaban J connectivity index is 2.34. The lowest BCUT2D eigenvalue weighted by atomic mass is 10.2. The molecule has 0 saturated heterocycles. The van der Waals surface area contributed by atoms with Crippen LogP contribution in [0.1, 0.15) is 5.69 Å². The Morgan fingerprint density at radius 1 is 1.44 bits per heavy atom. The number of para-hydroxylation sites is 1. The number of hydrogen-bond acceptors (Lipinski definition) is 4. The summed E-state index contributed by atoms with van der Waals surface area (Å²) >= 11 is 0. The molecule has 0 aliphatic heterocycles. The molecule has 0 fully saturated rings. The van der Waals surface area contributed by atoms with E-state index in [2.05, 4.69) is 15.2 Å². The molecule has 2 N–H and O–H groups in total. The summed E-state index contributed by atoms with van der Waals surface area (Å²) < 4.78 is 1.32. The van der Waals surface area contributed by atoms with Crippen LogP contribution in [0.3, 0.4) is 0 Å². The maximum Gasteiger partial charge on any atom is 0.347 e. The quantitative estimate of drug-likeness (QED) is 0.402. The number of aromatic amines is 1. The van der Waals surface area contributed by atoms with Crippen LogP contribution in [-0.4, -0.2) is 26.0 Å². The first-order valence-electron chi connectivity index (χ1n) is 5.45. The molecule has 6 heteroatoms. The molecule has 0 bridgehead atoms. The first-order valence-corrected chi connectivity index (χ1v) is 5.45. The van der Waals surface area contributed by atoms with Gasteiger partial charge in [0.25, 0.3) is 0 Å². The normalized spacial score (nSPS) is 11.8. The zero-order valence-electron chi connectivity index (χ0n) is 9.37. The summed E-state index contributed by atoms with van der Waals surface area (Å²) in [5, 5.41) is 16.4. The minimum absolute atomic E-state index is 0.282. The van der Waals surface area contributed by atoms with E-state index in [1.807, 2.05) is 30.3 Å². The molecule has 90 valence electrons. The maximum absolute atomic E-state index is 11.8. The standard InChI is InChI=1S/C12H10N4O2/c17-12-14-10-4-2-1-3-9(10)11-7-8(5-6-13-18)15-16(11)12/h1-4,6-7,18H,5H2,(H,14,17). The molecule has 0 atom stereocenters. The minimum Gasteiger partial charge on any atom is -0.411 e. The highest BCUT2D eigenvalue weighted by Gasteiger charge is 2.07. The van der Waals surface area contributed by atoms with Crippen molar-refractivity contribution in [1.82, 2.24) is 14.6 Å². The summed E-state index contributed by atoms with van der Waals surface area (Å²) in [5.41, 5.74) is 1.92. The molecule has 18 heavy (non-hydrogen) atoms. The molecular formula is C12H10N4O2. The van der Waals surface area contributed by atoms with Gasteiger partial charge in [-0.05, 0) is 12.1 Å². The van der Waals surface area contributed by atoms with Crippen LogP contribution < -0.4 is 5.69 Å². The molecule has 3 aromatic rings. The van der Waals surface area contributed by atoms with Gasteiger partial charge in [-0.3, -0.25) is 0 Å². The number of fused-ring (bicyclic) bond motifs is 3. The van der Waals surface area contributed by atoms with Crippen LogP contribution in [0.4, 0.5) is 0 Å². The van der Waals surface area contributed by atoms with Crippen molar-refractivity contribution in [3.8, 4) is 0 Å². The number of aromatic nitrogens is 3. The molecule has 0 aliphatic rings. The molecule has 0 saturated carbocycles. The monoisotopic (exact) mass is 242 g/mol. The third kappa shape index (κ3) is 1.55. The predicted octanol–water partition coefficient (Wildman–Crippen LogP) is 1.18. The number of benzene rings is 1. The Bertz CT molecular complexity index is 801. The van der Waals surface area contributed by atoms with Crippen molar-refractivity contribution in [3.63, 3.8) is 0 Å². The molecule has 2 aromatic heterocycles. The van der Waals surface area contributed by atoms with Gasteiger partial charge >= 0.3 is 5.69 Å². The van der Waals surface area contributed by atoms with Crippen LogP contribution in [0.15, 0.2) is 40.3 Å². The summed E-state index contributed by atoms with van der Waals surface area (Å²) in [6.07, 6.45) is 1.71. The first kappa shape index (κ1) is 10.5. The molecule has 0 unspecified atom stereocenters. The zero-order chi connectivity index (χ0) is 12.5. The fourth-order valence-corrected chi connectivity index (χ4v) is 1.99. The molecule has 1 aromatic carbocycles. The van der Waals surface area contributed by atoms with Crippen LogP contribution in [0.25, 0.3) is 16.4 Å². The van der Waals surface area contributed by atoms with E-state index in [0.29, 0.717) is 12.1 Å². The van der Waals surface area contributed by atoms with Crippen molar-refractivity contribution < 1.29 is 5.21 Å². The third-order valence-corrected chi connectivity index (χ3v) is 2.78. The molecule has 0 amide bonds. The van der Waals surface area contributed by atoms with E-state index in [0.717, 1.165) is 16.4 Å². The van der Waals surface area contributed by atoms with Crippen molar-refractivity contribution in [2.75, 3.05) is 0 Å². The Morgan fingerprint density at radius 3 is 3.11 bits per heavy atom. The summed E-state index contributed by atoms with van der Waals surface area (Å²) in [6, 6.07) is 9.36. The van der Waals surface area contributed by atoms with E-state index >= 15 is 0 Å². The van der Waals surface area contributed by atoms with Crippen molar-refractivity contribution in [1.29, 1.82) is 0 Å². The van der Waals surface area contributed by atoms with Gasteiger partial charge in [-0.1, -0.05) is 18.2 Å². The average Bonchev–Trinajstić information content (AvgIpc) is 2.81. The summed E-state index contributed by atoms with van der Waals surface area (Å²) in [7, 11) is 0. The largest absolute Gasteiger partial charge is 0.411 e. The smallest absolute Gasteiger partial charge is 0.347 e. The van der Waals surface area contributed by atoms with Gasteiger partial charge in [0.2, 0.25) is 0 Å². The van der Waals surface area contributed by atoms with Gasteiger partial charge < -0.3 is 10.2 Å². The number of nitrogens with one attached hydrogen (secondary N) is 1. The van der Waals surface area contributed by atoms with E-state index in [4.69, 9.17) is 5.21 Å². The lowest BCUT2D eigenvalue weighted by Gasteiger charge is -1.98.